The van der Waals surface area contributed by atoms with Crippen molar-refractivity contribution < 1.29 is 27.1 Å². The topological polar surface area (TPSA) is 114 Å². The second kappa shape index (κ2) is 8.06. The highest BCUT2D eigenvalue weighted by atomic mass is 32.2. The molecule has 1 aromatic heterocycles. The number of aromatic carboxylic acids is 1. The minimum atomic E-state index is -4.25. The molecule has 0 amide bonds. The van der Waals surface area contributed by atoms with Crippen LogP contribution in [-0.2, 0) is 23.0 Å². The second-order valence-corrected chi connectivity index (χ2v) is 8.83. The maximum Gasteiger partial charge on any atom is 0.338 e. The third-order valence-corrected chi connectivity index (χ3v) is 6.43. The summed E-state index contributed by atoms with van der Waals surface area (Å²) in [7, 11) is -4.25. The highest BCUT2D eigenvalue weighted by Gasteiger charge is 2.22. The van der Waals surface area contributed by atoms with Gasteiger partial charge >= 0.3 is 5.97 Å². The number of aromatic nitrogens is 3. The minimum absolute atomic E-state index is 0.0450. The summed E-state index contributed by atoms with van der Waals surface area (Å²) >= 11 is 0. The molecule has 0 radical (unpaired) electrons. The normalized spacial score (nSPS) is 14.0. The maximum absolute atomic E-state index is 14.6. The number of carboxylic acids is 1. The smallest absolute Gasteiger partial charge is 0.338 e. The van der Waals surface area contributed by atoms with Crippen LogP contribution < -0.4 is 4.72 Å². The van der Waals surface area contributed by atoms with Crippen LogP contribution >= 0.6 is 0 Å². The number of aryl methyl sites for hydroxylation is 1. The summed E-state index contributed by atoms with van der Waals surface area (Å²) in [5.41, 5.74) is -0.636. The average molecular weight is 448 g/mol. The van der Waals surface area contributed by atoms with Crippen molar-refractivity contribution in [3.05, 3.63) is 59.4 Å². The lowest BCUT2D eigenvalue weighted by Crippen LogP contribution is -2.14. The average Bonchev–Trinajstić information content (AvgIpc) is 2.96. The van der Waals surface area contributed by atoms with E-state index in [1.54, 1.807) is 0 Å². The van der Waals surface area contributed by atoms with Crippen LogP contribution in [0.1, 0.15) is 35.4 Å². The molecule has 11 heteroatoms. The molecule has 0 bridgehead atoms. The Morgan fingerprint density at radius 3 is 2.58 bits per heavy atom. The third kappa shape index (κ3) is 4.13. The predicted octanol–water partition coefficient (Wildman–Crippen LogP) is 3.45. The SMILES string of the molecule is O=C(O)c1cc(S(=O)(=O)Nc2ccc(F)c(-c3nnc4n3CCCCC4)c2)ccc1F. The van der Waals surface area contributed by atoms with Gasteiger partial charge in [0.25, 0.3) is 10.0 Å². The van der Waals surface area contributed by atoms with E-state index in [0.717, 1.165) is 55.8 Å². The Morgan fingerprint density at radius 2 is 1.81 bits per heavy atom. The fraction of sp³-hybridized carbons (Fsp3) is 0.250. The minimum Gasteiger partial charge on any atom is -0.478 e. The van der Waals surface area contributed by atoms with E-state index in [-0.39, 0.29) is 11.3 Å². The van der Waals surface area contributed by atoms with Crippen molar-refractivity contribution in [1.82, 2.24) is 14.8 Å². The Kier molecular flexibility index (Phi) is 5.44. The zero-order chi connectivity index (χ0) is 22.2. The molecule has 1 aliphatic heterocycles. The van der Waals surface area contributed by atoms with Crippen LogP contribution in [0.15, 0.2) is 41.3 Å². The van der Waals surface area contributed by atoms with Gasteiger partial charge in [-0.3, -0.25) is 4.72 Å². The number of carbonyl (C=O) groups is 1. The molecule has 0 atom stereocenters. The molecule has 2 N–H and O–H groups in total. The van der Waals surface area contributed by atoms with Crippen LogP contribution in [0.2, 0.25) is 0 Å². The van der Waals surface area contributed by atoms with Crippen LogP contribution in [0.25, 0.3) is 11.4 Å². The molecule has 0 saturated carbocycles. The van der Waals surface area contributed by atoms with E-state index in [0.29, 0.717) is 12.4 Å². The van der Waals surface area contributed by atoms with Gasteiger partial charge in [-0.05, 0) is 49.2 Å². The van der Waals surface area contributed by atoms with Crippen LogP contribution in [0.5, 0.6) is 0 Å². The van der Waals surface area contributed by atoms with Crippen LogP contribution in [0, 0.1) is 11.6 Å². The number of benzene rings is 2. The Hall–Kier alpha value is -3.34. The first kappa shape index (κ1) is 20.9. The number of fused-ring (bicyclic) bond motifs is 1. The van der Waals surface area contributed by atoms with Crippen LogP contribution in [-0.4, -0.2) is 34.3 Å². The Bertz CT molecular complexity index is 1270. The molecule has 2 heterocycles. The summed E-state index contributed by atoms with van der Waals surface area (Å²) in [5, 5.41) is 17.3. The van der Waals surface area contributed by atoms with Crippen LogP contribution in [0.4, 0.5) is 14.5 Å². The van der Waals surface area contributed by atoms with Gasteiger partial charge in [0.2, 0.25) is 0 Å². The van der Waals surface area contributed by atoms with Gasteiger partial charge in [-0.2, -0.15) is 0 Å². The van der Waals surface area contributed by atoms with Crippen molar-refractivity contribution in [3.8, 4) is 11.4 Å². The zero-order valence-electron chi connectivity index (χ0n) is 16.2. The molecule has 1 aliphatic rings. The molecule has 0 spiro atoms. The van der Waals surface area contributed by atoms with E-state index in [4.69, 9.17) is 5.11 Å². The summed E-state index contributed by atoms with van der Waals surface area (Å²) in [6, 6.07) is 6.09. The molecular weight excluding hydrogens is 430 g/mol. The summed E-state index contributed by atoms with van der Waals surface area (Å²) < 4.78 is 57.7. The first-order valence-corrected chi connectivity index (χ1v) is 11.0. The summed E-state index contributed by atoms with van der Waals surface area (Å²) in [6.45, 7) is 0.639. The molecule has 162 valence electrons. The van der Waals surface area contributed by atoms with Crippen molar-refractivity contribution in [2.75, 3.05) is 4.72 Å². The van der Waals surface area contributed by atoms with Crippen LogP contribution in [0.3, 0.4) is 0 Å². The number of hydrogen-bond donors (Lipinski definition) is 2. The molecule has 0 saturated heterocycles. The van der Waals surface area contributed by atoms with Gasteiger partial charge in [-0.1, -0.05) is 6.42 Å². The number of hydrogen-bond acceptors (Lipinski definition) is 5. The highest BCUT2D eigenvalue weighted by Crippen LogP contribution is 2.28. The van der Waals surface area contributed by atoms with Gasteiger partial charge in [0.05, 0.1) is 16.0 Å². The Labute approximate surface area is 176 Å². The molecule has 0 aliphatic carbocycles. The van der Waals surface area contributed by atoms with Gasteiger partial charge in [0.1, 0.15) is 17.5 Å². The van der Waals surface area contributed by atoms with E-state index < -0.39 is 38.1 Å². The molecule has 31 heavy (non-hydrogen) atoms. The van der Waals surface area contributed by atoms with Gasteiger partial charge in [-0.15, -0.1) is 10.2 Å². The standard InChI is InChI=1S/C20H18F2N4O4S/c21-16-7-5-12(10-14(16)19-24-23-18-4-2-1-3-9-26(18)19)25-31(29,30)13-6-8-17(22)15(11-13)20(27)28/h5-8,10-11,25H,1-4,9H2,(H,27,28). The molecule has 0 unspecified atom stereocenters. The summed E-state index contributed by atoms with van der Waals surface area (Å²) in [6.07, 6.45) is 3.64. The highest BCUT2D eigenvalue weighted by molar-refractivity contribution is 7.92. The lowest BCUT2D eigenvalue weighted by Gasteiger charge is -2.12. The van der Waals surface area contributed by atoms with E-state index in [1.165, 1.54) is 12.1 Å². The first-order chi connectivity index (χ1) is 14.8. The Morgan fingerprint density at radius 1 is 1.03 bits per heavy atom. The van der Waals surface area contributed by atoms with Crippen molar-refractivity contribution in [3.63, 3.8) is 0 Å². The summed E-state index contributed by atoms with van der Waals surface area (Å²) in [5.74, 6) is -2.16. The first-order valence-electron chi connectivity index (χ1n) is 9.54. The summed E-state index contributed by atoms with van der Waals surface area (Å²) in [4.78, 5) is 10.7. The molecule has 2 aromatic carbocycles. The van der Waals surface area contributed by atoms with E-state index in [2.05, 4.69) is 14.9 Å². The van der Waals surface area contributed by atoms with Crippen molar-refractivity contribution in [2.45, 2.75) is 37.1 Å². The van der Waals surface area contributed by atoms with Gasteiger partial charge in [0.15, 0.2) is 5.82 Å². The third-order valence-electron chi connectivity index (χ3n) is 5.05. The number of halogens is 2. The van der Waals surface area contributed by atoms with Crippen molar-refractivity contribution >= 4 is 21.7 Å². The quantitative estimate of drug-likeness (QED) is 0.618. The Balaban J connectivity index is 1.69. The lowest BCUT2D eigenvalue weighted by atomic mass is 10.1. The van der Waals surface area contributed by atoms with Gasteiger partial charge in [0, 0.05) is 18.7 Å². The number of sulfonamides is 1. The fourth-order valence-corrected chi connectivity index (χ4v) is 4.57. The number of anilines is 1. The monoisotopic (exact) mass is 448 g/mol. The lowest BCUT2D eigenvalue weighted by molar-refractivity contribution is 0.0691. The van der Waals surface area contributed by atoms with Gasteiger partial charge < -0.3 is 9.67 Å². The number of carboxylic acid groups (broad SMARTS) is 1. The van der Waals surface area contributed by atoms with Gasteiger partial charge in [-0.25, -0.2) is 22.0 Å². The van der Waals surface area contributed by atoms with E-state index in [1.807, 2.05) is 4.57 Å². The zero-order valence-corrected chi connectivity index (χ0v) is 17.0. The molecule has 3 aromatic rings. The number of rotatable bonds is 5. The number of nitrogens with zero attached hydrogens (tertiary/aromatic N) is 3. The molecule has 4 rings (SSSR count). The second-order valence-electron chi connectivity index (χ2n) is 7.15. The molecule has 8 nitrogen and oxygen atoms in total. The van der Waals surface area contributed by atoms with Crippen molar-refractivity contribution in [1.29, 1.82) is 0 Å². The van der Waals surface area contributed by atoms with E-state index >= 15 is 0 Å². The maximum atomic E-state index is 14.6. The predicted molar refractivity (Wildman–Crippen MR) is 107 cm³/mol. The van der Waals surface area contributed by atoms with E-state index in [9.17, 15) is 22.0 Å². The fourth-order valence-electron chi connectivity index (χ4n) is 3.49. The number of nitrogens with one attached hydrogen (secondary N) is 1. The molecule has 0 fully saturated rings. The largest absolute Gasteiger partial charge is 0.478 e. The van der Waals surface area contributed by atoms with Crippen molar-refractivity contribution in [2.24, 2.45) is 0 Å². The molecular formula is C20H18F2N4O4S.